The van der Waals surface area contributed by atoms with Crippen molar-refractivity contribution in [3.05, 3.63) is 64.7 Å². The van der Waals surface area contributed by atoms with Crippen LogP contribution < -0.4 is 4.74 Å². The van der Waals surface area contributed by atoms with E-state index < -0.39 is 0 Å². The summed E-state index contributed by atoms with van der Waals surface area (Å²) in [4.78, 5) is 10.4. The maximum Gasteiger partial charge on any atom is 0.124 e. The molecule has 0 saturated heterocycles. The van der Waals surface area contributed by atoms with Gasteiger partial charge in [0.2, 0.25) is 0 Å². The molecule has 0 spiro atoms. The van der Waals surface area contributed by atoms with Crippen molar-refractivity contribution in [2.75, 3.05) is 0 Å². The second kappa shape index (κ2) is 9.16. The van der Waals surface area contributed by atoms with Crippen molar-refractivity contribution in [2.45, 2.75) is 26.9 Å². The van der Waals surface area contributed by atoms with Crippen LogP contribution in [-0.2, 0) is 17.8 Å². The number of rotatable bonds is 5. The second-order valence-electron chi connectivity index (χ2n) is 3.90. The average Bonchev–Trinajstić information content (AvgIpc) is 2.51. The maximum atomic E-state index is 10.4. The SMILES string of the molecule is CC.O=CCc1ccc(OCc2ccccc2)cc1Cl. The quantitative estimate of drug-likeness (QED) is 0.747. The molecular weight excluding hydrogens is 272 g/mol. The van der Waals surface area contributed by atoms with Crippen LogP contribution in [0.5, 0.6) is 5.75 Å². The van der Waals surface area contributed by atoms with Gasteiger partial charge in [-0.2, -0.15) is 0 Å². The first kappa shape index (κ1) is 16.3. The van der Waals surface area contributed by atoms with Crippen LogP contribution in [0.4, 0.5) is 0 Å². The molecule has 0 aliphatic carbocycles. The van der Waals surface area contributed by atoms with Gasteiger partial charge >= 0.3 is 0 Å². The third-order valence-corrected chi connectivity index (χ3v) is 2.93. The summed E-state index contributed by atoms with van der Waals surface area (Å²) in [6, 6.07) is 15.3. The predicted octanol–water partition coefficient (Wildman–Crippen LogP) is 4.69. The van der Waals surface area contributed by atoms with Crippen molar-refractivity contribution < 1.29 is 9.53 Å². The summed E-state index contributed by atoms with van der Waals surface area (Å²) in [7, 11) is 0. The van der Waals surface area contributed by atoms with E-state index in [0.29, 0.717) is 23.8 Å². The minimum absolute atomic E-state index is 0.331. The molecule has 0 fully saturated rings. The van der Waals surface area contributed by atoms with Crippen molar-refractivity contribution >= 4 is 17.9 Å². The third-order valence-electron chi connectivity index (χ3n) is 2.58. The van der Waals surface area contributed by atoms with Crippen LogP contribution in [0.15, 0.2) is 48.5 Å². The van der Waals surface area contributed by atoms with Gasteiger partial charge in [0.05, 0.1) is 0 Å². The molecule has 0 aromatic heterocycles. The lowest BCUT2D eigenvalue weighted by Crippen LogP contribution is -1.96. The van der Waals surface area contributed by atoms with Gasteiger partial charge in [-0.15, -0.1) is 0 Å². The van der Waals surface area contributed by atoms with Crippen molar-refractivity contribution in [3.63, 3.8) is 0 Å². The molecule has 0 N–H and O–H groups in total. The Morgan fingerprint density at radius 3 is 2.40 bits per heavy atom. The van der Waals surface area contributed by atoms with Crippen molar-refractivity contribution in [3.8, 4) is 5.75 Å². The molecule has 0 atom stereocenters. The van der Waals surface area contributed by atoms with Crippen LogP contribution in [0.25, 0.3) is 0 Å². The monoisotopic (exact) mass is 290 g/mol. The topological polar surface area (TPSA) is 26.3 Å². The summed E-state index contributed by atoms with van der Waals surface area (Å²) < 4.78 is 5.63. The summed E-state index contributed by atoms with van der Waals surface area (Å²) >= 11 is 6.05. The summed E-state index contributed by atoms with van der Waals surface area (Å²) in [5, 5.41) is 0.563. The molecule has 0 radical (unpaired) electrons. The van der Waals surface area contributed by atoms with Gasteiger partial charge in [0.15, 0.2) is 0 Å². The summed E-state index contributed by atoms with van der Waals surface area (Å²) in [5.74, 6) is 0.707. The molecule has 0 heterocycles. The highest BCUT2D eigenvalue weighted by Crippen LogP contribution is 2.23. The average molecular weight is 291 g/mol. The molecule has 2 aromatic carbocycles. The van der Waals surface area contributed by atoms with E-state index in [0.717, 1.165) is 17.4 Å². The van der Waals surface area contributed by atoms with E-state index in [-0.39, 0.29) is 0 Å². The lowest BCUT2D eigenvalue weighted by molar-refractivity contribution is -0.107. The fraction of sp³-hybridized carbons (Fsp3) is 0.235. The minimum atomic E-state index is 0.331. The highest BCUT2D eigenvalue weighted by Gasteiger charge is 2.02. The molecule has 3 heteroatoms. The standard InChI is InChI=1S/C15H13ClO2.C2H6/c16-15-10-14(7-6-13(15)8-9-17)18-11-12-4-2-1-3-5-12;1-2/h1-7,9-10H,8,11H2;1-2H3. The van der Waals surface area contributed by atoms with E-state index >= 15 is 0 Å². The van der Waals surface area contributed by atoms with Gasteiger partial charge in [-0.1, -0.05) is 61.8 Å². The number of halogens is 1. The first-order valence-electron chi connectivity index (χ1n) is 6.68. The van der Waals surface area contributed by atoms with E-state index in [1.54, 1.807) is 6.07 Å². The smallest absolute Gasteiger partial charge is 0.124 e. The zero-order chi connectivity index (χ0) is 14.8. The maximum absolute atomic E-state index is 10.4. The Kier molecular flexibility index (Phi) is 7.44. The van der Waals surface area contributed by atoms with Crippen LogP contribution in [0.2, 0.25) is 5.02 Å². The normalized spacial score (nSPS) is 9.35. The number of carbonyl (C=O) groups excluding carboxylic acids is 1. The molecule has 0 aliphatic heterocycles. The number of ether oxygens (including phenoxy) is 1. The Bertz CT molecular complexity index is 524. The molecule has 0 unspecified atom stereocenters. The molecular formula is C17H19ClO2. The van der Waals surface area contributed by atoms with E-state index in [9.17, 15) is 4.79 Å². The number of aldehydes is 1. The van der Waals surface area contributed by atoms with Crippen LogP contribution in [0.3, 0.4) is 0 Å². The second-order valence-corrected chi connectivity index (χ2v) is 4.31. The van der Waals surface area contributed by atoms with Gasteiger partial charge in [-0.05, 0) is 23.3 Å². The number of hydrogen-bond acceptors (Lipinski definition) is 2. The number of carbonyl (C=O) groups is 1. The van der Waals surface area contributed by atoms with Crippen LogP contribution in [0.1, 0.15) is 25.0 Å². The van der Waals surface area contributed by atoms with Gasteiger partial charge < -0.3 is 9.53 Å². The fourth-order valence-corrected chi connectivity index (χ4v) is 1.86. The largest absolute Gasteiger partial charge is 0.489 e. The van der Waals surface area contributed by atoms with E-state index in [2.05, 4.69) is 0 Å². The van der Waals surface area contributed by atoms with Crippen molar-refractivity contribution in [1.82, 2.24) is 0 Å². The Morgan fingerprint density at radius 1 is 1.10 bits per heavy atom. The minimum Gasteiger partial charge on any atom is -0.489 e. The first-order valence-corrected chi connectivity index (χ1v) is 7.06. The van der Waals surface area contributed by atoms with Crippen molar-refractivity contribution in [2.24, 2.45) is 0 Å². The lowest BCUT2D eigenvalue weighted by Gasteiger charge is -2.08. The van der Waals surface area contributed by atoms with E-state index in [4.69, 9.17) is 16.3 Å². The molecule has 0 amide bonds. The predicted molar refractivity (Wildman–Crippen MR) is 83.3 cm³/mol. The Labute approximate surface area is 125 Å². The highest BCUT2D eigenvalue weighted by molar-refractivity contribution is 6.31. The number of benzene rings is 2. The molecule has 0 bridgehead atoms. The van der Waals surface area contributed by atoms with Gasteiger partial charge in [0, 0.05) is 11.4 Å². The molecule has 2 rings (SSSR count). The Morgan fingerprint density at radius 2 is 1.80 bits per heavy atom. The fourth-order valence-electron chi connectivity index (χ4n) is 1.61. The van der Waals surface area contributed by atoms with Crippen LogP contribution in [-0.4, -0.2) is 6.29 Å². The molecule has 2 aromatic rings. The van der Waals surface area contributed by atoms with Crippen LogP contribution >= 0.6 is 11.6 Å². The molecule has 106 valence electrons. The van der Waals surface area contributed by atoms with Gasteiger partial charge in [0.1, 0.15) is 18.6 Å². The molecule has 20 heavy (non-hydrogen) atoms. The number of hydrogen-bond donors (Lipinski definition) is 0. The van der Waals surface area contributed by atoms with Crippen LogP contribution in [0, 0.1) is 0 Å². The first-order chi connectivity index (χ1) is 9.79. The lowest BCUT2D eigenvalue weighted by atomic mass is 10.1. The zero-order valence-electron chi connectivity index (χ0n) is 11.8. The molecule has 0 saturated carbocycles. The molecule has 2 nitrogen and oxygen atoms in total. The molecule has 0 aliphatic rings. The third kappa shape index (κ3) is 5.06. The Balaban J connectivity index is 0.000000956. The summed E-state index contributed by atoms with van der Waals surface area (Å²) in [6.45, 7) is 4.50. The highest BCUT2D eigenvalue weighted by atomic mass is 35.5. The van der Waals surface area contributed by atoms with Gasteiger partial charge in [0.25, 0.3) is 0 Å². The summed E-state index contributed by atoms with van der Waals surface area (Å²) in [5.41, 5.74) is 1.92. The van der Waals surface area contributed by atoms with E-state index in [1.165, 1.54) is 0 Å². The van der Waals surface area contributed by atoms with Crippen molar-refractivity contribution in [1.29, 1.82) is 0 Å². The Hall–Kier alpha value is -1.80. The van der Waals surface area contributed by atoms with E-state index in [1.807, 2.05) is 56.3 Å². The summed E-state index contributed by atoms with van der Waals surface area (Å²) in [6.07, 6.45) is 1.17. The van der Waals surface area contributed by atoms with Gasteiger partial charge in [-0.3, -0.25) is 0 Å². The van der Waals surface area contributed by atoms with Gasteiger partial charge in [-0.25, -0.2) is 0 Å². The zero-order valence-corrected chi connectivity index (χ0v) is 12.6.